The van der Waals surface area contributed by atoms with Crippen LogP contribution in [-0.4, -0.2) is 13.0 Å². The zero-order valence-electron chi connectivity index (χ0n) is 11.7. The van der Waals surface area contributed by atoms with E-state index in [2.05, 4.69) is 5.32 Å². The van der Waals surface area contributed by atoms with Crippen molar-refractivity contribution in [3.8, 4) is 5.75 Å². The van der Waals surface area contributed by atoms with E-state index in [1.807, 2.05) is 12.1 Å². The fourth-order valence-corrected chi connectivity index (χ4v) is 2.06. The monoisotopic (exact) mass is 291 g/mol. The first-order valence-electron chi connectivity index (χ1n) is 6.42. The maximum Gasteiger partial charge on any atom is 0.254 e. The zero-order valence-corrected chi connectivity index (χ0v) is 11.7. The van der Waals surface area contributed by atoms with E-state index in [1.54, 1.807) is 19.1 Å². The summed E-state index contributed by atoms with van der Waals surface area (Å²) < 4.78 is 31.9. The molecule has 0 saturated heterocycles. The SMILES string of the molecule is COc1ccccc1C(C)NC(=O)c1cccc(F)c1F. The Morgan fingerprint density at radius 3 is 2.57 bits per heavy atom. The number of amides is 1. The number of hydrogen-bond donors (Lipinski definition) is 1. The lowest BCUT2D eigenvalue weighted by molar-refractivity contribution is 0.0934. The summed E-state index contributed by atoms with van der Waals surface area (Å²) >= 11 is 0. The molecule has 21 heavy (non-hydrogen) atoms. The van der Waals surface area contributed by atoms with Gasteiger partial charge >= 0.3 is 0 Å². The molecular formula is C16H15F2NO2. The van der Waals surface area contributed by atoms with Crippen molar-refractivity contribution in [3.05, 3.63) is 65.2 Å². The van der Waals surface area contributed by atoms with Crippen molar-refractivity contribution in [1.82, 2.24) is 5.32 Å². The average molecular weight is 291 g/mol. The number of ether oxygens (including phenoxy) is 1. The van der Waals surface area contributed by atoms with Crippen LogP contribution < -0.4 is 10.1 Å². The van der Waals surface area contributed by atoms with Crippen molar-refractivity contribution >= 4 is 5.91 Å². The Morgan fingerprint density at radius 1 is 1.14 bits per heavy atom. The predicted molar refractivity (Wildman–Crippen MR) is 75.2 cm³/mol. The number of carbonyl (C=O) groups excluding carboxylic acids is 1. The Kier molecular flexibility index (Phi) is 4.52. The van der Waals surface area contributed by atoms with Crippen LogP contribution in [-0.2, 0) is 0 Å². The predicted octanol–water partition coefficient (Wildman–Crippen LogP) is 3.46. The lowest BCUT2D eigenvalue weighted by Gasteiger charge is -2.17. The van der Waals surface area contributed by atoms with E-state index >= 15 is 0 Å². The fraction of sp³-hybridized carbons (Fsp3) is 0.188. The molecule has 1 unspecified atom stereocenters. The normalized spacial score (nSPS) is 11.8. The smallest absolute Gasteiger partial charge is 0.254 e. The minimum absolute atomic E-state index is 0.322. The number of methoxy groups -OCH3 is 1. The third-order valence-electron chi connectivity index (χ3n) is 3.15. The molecule has 0 aromatic heterocycles. The van der Waals surface area contributed by atoms with Gasteiger partial charge in [-0.05, 0) is 25.1 Å². The Labute approximate surface area is 121 Å². The highest BCUT2D eigenvalue weighted by molar-refractivity contribution is 5.94. The number of para-hydroxylation sites is 1. The first-order chi connectivity index (χ1) is 10.0. The Morgan fingerprint density at radius 2 is 1.86 bits per heavy atom. The standard InChI is InChI=1S/C16H15F2NO2/c1-10(11-6-3-4-9-14(11)21-2)19-16(20)12-7-5-8-13(17)15(12)18/h3-10H,1-2H3,(H,19,20). The number of benzene rings is 2. The molecule has 0 fully saturated rings. The minimum Gasteiger partial charge on any atom is -0.496 e. The van der Waals surface area contributed by atoms with Gasteiger partial charge in [-0.25, -0.2) is 8.78 Å². The molecule has 0 aliphatic carbocycles. The molecule has 0 aliphatic heterocycles. The number of nitrogens with one attached hydrogen (secondary N) is 1. The van der Waals surface area contributed by atoms with Crippen LogP contribution in [0.2, 0.25) is 0 Å². The van der Waals surface area contributed by atoms with Gasteiger partial charge in [0, 0.05) is 5.56 Å². The highest BCUT2D eigenvalue weighted by atomic mass is 19.2. The summed E-state index contributed by atoms with van der Waals surface area (Å²) in [5.74, 6) is -2.26. The highest BCUT2D eigenvalue weighted by Crippen LogP contribution is 2.24. The zero-order chi connectivity index (χ0) is 15.4. The summed E-state index contributed by atoms with van der Waals surface area (Å²) in [6, 6.07) is 10.3. The summed E-state index contributed by atoms with van der Waals surface area (Å²) in [6.45, 7) is 1.74. The second-order valence-electron chi connectivity index (χ2n) is 4.54. The minimum atomic E-state index is -1.15. The second kappa shape index (κ2) is 6.35. The van der Waals surface area contributed by atoms with Gasteiger partial charge in [-0.3, -0.25) is 4.79 Å². The number of halogens is 2. The summed E-state index contributed by atoms with van der Waals surface area (Å²) in [5, 5.41) is 2.63. The molecule has 0 saturated carbocycles. The van der Waals surface area contributed by atoms with Crippen molar-refractivity contribution < 1.29 is 18.3 Å². The van der Waals surface area contributed by atoms with Gasteiger partial charge in [0.15, 0.2) is 11.6 Å². The summed E-state index contributed by atoms with van der Waals surface area (Å²) in [5.41, 5.74) is 0.432. The van der Waals surface area contributed by atoms with E-state index in [-0.39, 0.29) is 5.56 Å². The van der Waals surface area contributed by atoms with Crippen molar-refractivity contribution in [1.29, 1.82) is 0 Å². The maximum atomic E-state index is 13.6. The van der Waals surface area contributed by atoms with Gasteiger partial charge in [0.25, 0.3) is 5.91 Å². The summed E-state index contributed by atoms with van der Waals surface area (Å²) in [6.07, 6.45) is 0. The molecule has 1 atom stereocenters. The molecule has 2 aromatic rings. The average Bonchev–Trinajstić information content (AvgIpc) is 2.49. The lowest BCUT2D eigenvalue weighted by Crippen LogP contribution is -2.28. The molecule has 0 heterocycles. The third-order valence-corrected chi connectivity index (χ3v) is 3.15. The van der Waals surface area contributed by atoms with E-state index in [9.17, 15) is 13.6 Å². The number of hydrogen-bond acceptors (Lipinski definition) is 2. The van der Waals surface area contributed by atoms with E-state index in [4.69, 9.17) is 4.74 Å². The first-order valence-corrected chi connectivity index (χ1v) is 6.42. The molecule has 0 aliphatic rings. The van der Waals surface area contributed by atoms with Crippen molar-refractivity contribution in [2.24, 2.45) is 0 Å². The molecule has 2 rings (SSSR count). The van der Waals surface area contributed by atoms with Gasteiger partial charge in [-0.15, -0.1) is 0 Å². The molecule has 3 nitrogen and oxygen atoms in total. The van der Waals surface area contributed by atoms with Gasteiger partial charge < -0.3 is 10.1 Å². The van der Waals surface area contributed by atoms with Crippen LogP contribution in [0.3, 0.4) is 0 Å². The summed E-state index contributed by atoms with van der Waals surface area (Å²) in [7, 11) is 1.53. The largest absolute Gasteiger partial charge is 0.496 e. The molecule has 0 spiro atoms. The third kappa shape index (κ3) is 3.18. The Balaban J connectivity index is 2.21. The molecule has 110 valence electrons. The topological polar surface area (TPSA) is 38.3 Å². The van der Waals surface area contributed by atoms with Gasteiger partial charge in [0.2, 0.25) is 0 Å². The lowest BCUT2D eigenvalue weighted by atomic mass is 10.1. The van der Waals surface area contributed by atoms with Crippen LogP contribution in [0.15, 0.2) is 42.5 Å². The van der Waals surface area contributed by atoms with Crippen LogP contribution in [0.25, 0.3) is 0 Å². The Hall–Kier alpha value is -2.43. The van der Waals surface area contributed by atoms with E-state index in [1.165, 1.54) is 19.2 Å². The van der Waals surface area contributed by atoms with E-state index < -0.39 is 23.6 Å². The van der Waals surface area contributed by atoms with Crippen LogP contribution in [0, 0.1) is 11.6 Å². The fourth-order valence-electron chi connectivity index (χ4n) is 2.06. The van der Waals surface area contributed by atoms with Crippen LogP contribution in [0.1, 0.15) is 28.9 Å². The number of carbonyl (C=O) groups is 1. The quantitative estimate of drug-likeness (QED) is 0.936. The summed E-state index contributed by atoms with van der Waals surface area (Å²) in [4.78, 5) is 12.0. The van der Waals surface area contributed by atoms with Crippen LogP contribution in [0.4, 0.5) is 8.78 Å². The number of rotatable bonds is 4. The van der Waals surface area contributed by atoms with Crippen molar-refractivity contribution in [2.75, 3.05) is 7.11 Å². The first kappa shape index (κ1) is 15.0. The molecular weight excluding hydrogens is 276 g/mol. The molecule has 1 amide bonds. The van der Waals surface area contributed by atoms with Gasteiger partial charge in [0.1, 0.15) is 5.75 Å². The van der Waals surface area contributed by atoms with E-state index in [0.717, 1.165) is 11.6 Å². The molecule has 0 bridgehead atoms. The van der Waals surface area contributed by atoms with Crippen molar-refractivity contribution in [3.63, 3.8) is 0 Å². The van der Waals surface area contributed by atoms with Gasteiger partial charge in [0.05, 0.1) is 18.7 Å². The highest BCUT2D eigenvalue weighted by Gasteiger charge is 2.18. The van der Waals surface area contributed by atoms with Crippen molar-refractivity contribution in [2.45, 2.75) is 13.0 Å². The maximum absolute atomic E-state index is 13.6. The van der Waals surface area contributed by atoms with Gasteiger partial charge in [-0.1, -0.05) is 24.3 Å². The van der Waals surface area contributed by atoms with Crippen LogP contribution in [0.5, 0.6) is 5.75 Å². The van der Waals surface area contributed by atoms with E-state index in [0.29, 0.717) is 5.75 Å². The van der Waals surface area contributed by atoms with Crippen LogP contribution >= 0.6 is 0 Å². The van der Waals surface area contributed by atoms with Gasteiger partial charge in [-0.2, -0.15) is 0 Å². The molecule has 1 N–H and O–H groups in total. The molecule has 5 heteroatoms. The molecule has 2 aromatic carbocycles. The Bertz CT molecular complexity index is 658. The molecule has 0 radical (unpaired) electrons. The second-order valence-corrected chi connectivity index (χ2v) is 4.54.